The molecule has 1 aliphatic heterocycles. The van der Waals surface area contributed by atoms with E-state index in [4.69, 9.17) is 19.9 Å². The van der Waals surface area contributed by atoms with Crippen LogP contribution in [-0.2, 0) is 35.1 Å². The van der Waals surface area contributed by atoms with Crippen molar-refractivity contribution in [1.82, 2.24) is 20.5 Å². The molecule has 2 aromatic rings. The van der Waals surface area contributed by atoms with Crippen LogP contribution in [0.3, 0.4) is 0 Å². The van der Waals surface area contributed by atoms with Gasteiger partial charge in [0.1, 0.15) is 12.1 Å². The second-order valence-electron chi connectivity index (χ2n) is 11.8. The topological polar surface area (TPSA) is 165 Å². The first-order valence-electron chi connectivity index (χ1n) is 15.0. The minimum atomic E-state index is -0.893. The Labute approximate surface area is 275 Å². The number of aliphatic hydroxyl groups excluding tert-OH is 1. The van der Waals surface area contributed by atoms with Gasteiger partial charge in [-0.05, 0) is 23.5 Å². The average Bonchev–Trinajstić information content (AvgIpc) is 3.60. The number of β-amino-alcohol motifs (C(OH)–C–C–N with tert-alkyl or cyclic N) is 1. The number of ether oxygens (including phenoxy) is 3. The van der Waals surface area contributed by atoms with E-state index in [9.17, 15) is 19.5 Å². The summed E-state index contributed by atoms with van der Waals surface area (Å²) >= 11 is 1.58. The quantitative estimate of drug-likeness (QED) is 0.185. The number of thiazole rings is 1. The lowest BCUT2D eigenvalue weighted by Gasteiger charge is -2.35. The molecule has 3 atom stereocenters. The van der Waals surface area contributed by atoms with Crippen molar-refractivity contribution in [2.24, 2.45) is 11.1 Å². The normalized spacial score (nSPS) is 17.1. The lowest BCUT2D eigenvalue weighted by Crippen LogP contribution is -2.57. The third-order valence-corrected chi connectivity index (χ3v) is 8.17. The molecule has 1 saturated heterocycles. The lowest BCUT2D eigenvalue weighted by atomic mass is 9.85. The Morgan fingerprint density at radius 3 is 2.27 bits per heavy atom. The van der Waals surface area contributed by atoms with E-state index in [-0.39, 0.29) is 56.8 Å². The van der Waals surface area contributed by atoms with Gasteiger partial charge in [0, 0.05) is 32.5 Å². The van der Waals surface area contributed by atoms with Gasteiger partial charge >= 0.3 is 0 Å². The zero-order valence-corrected chi connectivity index (χ0v) is 28.2. The number of aryl methyl sites for hydroxylation is 1. The van der Waals surface area contributed by atoms with Crippen LogP contribution in [-0.4, -0.2) is 104 Å². The Morgan fingerprint density at radius 1 is 1.07 bits per heavy atom. The van der Waals surface area contributed by atoms with Crippen molar-refractivity contribution in [3.05, 3.63) is 41.0 Å². The van der Waals surface area contributed by atoms with E-state index in [0.717, 1.165) is 21.7 Å². The van der Waals surface area contributed by atoms with Gasteiger partial charge in [0.25, 0.3) is 0 Å². The molecule has 0 radical (unpaired) electrons. The molecule has 12 nitrogen and oxygen atoms in total. The number of carbonyl (C=O) groups is 3. The zero-order chi connectivity index (χ0) is 32.1. The highest BCUT2D eigenvalue weighted by Gasteiger charge is 2.44. The Kier molecular flexibility index (Phi) is 16.4. The van der Waals surface area contributed by atoms with E-state index in [1.807, 2.05) is 57.5 Å². The van der Waals surface area contributed by atoms with Gasteiger partial charge in [0.2, 0.25) is 17.7 Å². The van der Waals surface area contributed by atoms with E-state index in [2.05, 4.69) is 15.6 Å². The number of halogens is 1. The first-order valence-corrected chi connectivity index (χ1v) is 15.9. The van der Waals surface area contributed by atoms with Crippen LogP contribution in [0.1, 0.15) is 44.9 Å². The van der Waals surface area contributed by atoms with Gasteiger partial charge in [-0.2, -0.15) is 0 Å². The van der Waals surface area contributed by atoms with Crippen LogP contribution < -0.4 is 16.4 Å². The maximum atomic E-state index is 13.7. The molecule has 45 heavy (non-hydrogen) atoms. The Morgan fingerprint density at radius 2 is 1.69 bits per heavy atom. The highest BCUT2D eigenvalue weighted by atomic mass is 35.5. The van der Waals surface area contributed by atoms with E-state index in [1.165, 1.54) is 4.90 Å². The Bertz CT molecular complexity index is 1210. The lowest BCUT2D eigenvalue weighted by molar-refractivity contribution is -0.144. The SMILES string of the molecule is Cc1ncsc1-c1ccc(CNC(=O)[C@@H]2C[C@@H](O)CN2C(=O)[C@@H](NC(=O)CCOCCOCCOCCN)C(C)(C)C)cc1.Cl. The van der Waals surface area contributed by atoms with Crippen LogP contribution in [0.2, 0.25) is 0 Å². The minimum Gasteiger partial charge on any atom is -0.391 e. The summed E-state index contributed by atoms with van der Waals surface area (Å²) in [5, 5.41) is 16.2. The smallest absolute Gasteiger partial charge is 0.246 e. The van der Waals surface area contributed by atoms with Crippen molar-refractivity contribution < 1.29 is 33.7 Å². The van der Waals surface area contributed by atoms with E-state index >= 15 is 0 Å². The van der Waals surface area contributed by atoms with Crippen LogP contribution >= 0.6 is 23.7 Å². The Balaban J connectivity index is 0.00000705. The van der Waals surface area contributed by atoms with Crippen molar-refractivity contribution in [3.63, 3.8) is 0 Å². The fourth-order valence-corrected chi connectivity index (χ4v) is 5.62. The molecule has 0 saturated carbocycles. The van der Waals surface area contributed by atoms with Crippen molar-refractivity contribution in [3.8, 4) is 10.4 Å². The minimum absolute atomic E-state index is 0. The summed E-state index contributed by atoms with van der Waals surface area (Å²) in [6, 6.07) is 6.14. The van der Waals surface area contributed by atoms with Gasteiger partial charge in [-0.25, -0.2) is 4.98 Å². The number of amides is 3. The van der Waals surface area contributed by atoms with E-state index in [0.29, 0.717) is 39.6 Å². The number of hydrogen-bond donors (Lipinski definition) is 4. The molecule has 1 aromatic carbocycles. The van der Waals surface area contributed by atoms with Gasteiger partial charge < -0.3 is 40.6 Å². The van der Waals surface area contributed by atoms with Crippen LogP contribution in [0, 0.1) is 12.3 Å². The first-order chi connectivity index (χ1) is 21.0. The van der Waals surface area contributed by atoms with Gasteiger partial charge in [-0.15, -0.1) is 23.7 Å². The third kappa shape index (κ3) is 12.2. The van der Waals surface area contributed by atoms with E-state index in [1.54, 1.807) is 11.3 Å². The number of rotatable bonds is 17. The summed E-state index contributed by atoms with van der Waals surface area (Å²) in [7, 11) is 0. The van der Waals surface area contributed by atoms with Crippen molar-refractivity contribution in [2.45, 2.75) is 65.3 Å². The number of carbonyl (C=O) groups excluding carboxylic acids is 3. The number of likely N-dealkylation sites (tertiary alicyclic amines) is 1. The summed E-state index contributed by atoms with van der Waals surface area (Å²) < 4.78 is 16.1. The number of nitrogens with one attached hydrogen (secondary N) is 2. The standard InChI is InChI=1S/C31H47N5O7S.ClH/c1-21-27(44-20-34-21)23-7-5-22(6-8-23)18-33-29(39)25-17-24(37)19-36(25)30(40)28(31(2,3)4)35-26(38)9-11-41-13-15-43-16-14-42-12-10-32;/h5-8,20,24-25,28,37H,9-19,32H2,1-4H3,(H,33,39)(H,35,38);1H/t24-,25+,28-;/m1./s1. The van der Waals surface area contributed by atoms with Gasteiger partial charge in [0.05, 0.1) is 61.8 Å². The molecular weight excluding hydrogens is 622 g/mol. The molecule has 1 aromatic heterocycles. The van der Waals surface area contributed by atoms with E-state index < -0.39 is 29.5 Å². The molecule has 252 valence electrons. The van der Waals surface area contributed by atoms with Crippen LogP contribution in [0.15, 0.2) is 29.8 Å². The molecule has 5 N–H and O–H groups in total. The van der Waals surface area contributed by atoms with Crippen LogP contribution in [0.5, 0.6) is 0 Å². The molecule has 0 spiro atoms. The van der Waals surface area contributed by atoms with Gasteiger partial charge in [-0.3, -0.25) is 14.4 Å². The molecule has 1 fully saturated rings. The molecule has 0 unspecified atom stereocenters. The summed E-state index contributed by atoms with van der Waals surface area (Å²) in [5.41, 5.74) is 9.47. The predicted molar refractivity (Wildman–Crippen MR) is 175 cm³/mol. The molecule has 2 heterocycles. The summed E-state index contributed by atoms with van der Waals surface area (Å²) in [4.78, 5) is 46.5. The predicted octanol–water partition coefficient (Wildman–Crippen LogP) is 2.05. The molecule has 0 bridgehead atoms. The number of aromatic nitrogens is 1. The average molecular weight is 670 g/mol. The monoisotopic (exact) mass is 669 g/mol. The third-order valence-electron chi connectivity index (χ3n) is 7.19. The highest BCUT2D eigenvalue weighted by molar-refractivity contribution is 7.13. The fraction of sp³-hybridized carbons (Fsp3) is 0.613. The number of nitrogens with zero attached hydrogens (tertiary/aromatic N) is 2. The highest BCUT2D eigenvalue weighted by Crippen LogP contribution is 2.28. The van der Waals surface area contributed by atoms with Gasteiger partial charge in [0.15, 0.2) is 0 Å². The summed E-state index contributed by atoms with van der Waals surface area (Å²) in [6.07, 6.45) is -0.648. The number of benzene rings is 1. The number of hydrogen-bond acceptors (Lipinski definition) is 10. The summed E-state index contributed by atoms with van der Waals surface area (Å²) in [5.74, 6) is -1.09. The maximum absolute atomic E-state index is 13.7. The number of aliphatic hydroxyl groups is 1. The van der Waals surface area contributed by atoms with Crippen LogP contribution in [0.25, 0.3) is 10.4 Å². The molecule has 3 rings (SSSR count). The van der Waals surface area contributed by atoms with Gasteiger partial charge in [-0.1, -0.05) is 45.0 Å². The van der Waals surface area contributed by atoms with Crippen molar-refractivity contribution in [2.75, 3.05) is 52.7 Å². The molecular formula is C31H48ClN5O7S. The van der Waals surface area contributed by atoms with Crippen LogP contribution in [0.4, 0.5) is 0 Å². The molecule has 3 amide bonds. The maximum Gasteiger partial charge on any atom is 0.246 e. The second-order valence-corrected chi connectivity index (χ2v) is 12.7. The second kappa shape index (κ2) is 19.1. The number of nitrogens with two attached hydrogens (primary N) is 1. The van der Waals surface area contributed by atoms with Crippen molar-refractivity contribution >= 4 is 41.5 Å². The summed E-state index contributed by atoms with van der Waals surface area (Å²) in [6.45, 7) is 10.5. The largest absolute Gasteiger partial charge is 0.391 e. The first kappa shape index (κ1) is 38.5. The Hall–Kier alpha value is -2.65. The molecule has 1 aliphatic rings. The zero-order valence-electron chi connectivity index (χ0n) is 26.6. The fourth-order valence-electron chi connectivity index (χ4n) is 4.80. The molecule has 0 aliphatic carbocycles. The van der Waals surface area contributed by atoms with Crippen molar-refractivity contribution in [1.29, 1.82) is 0 Å². The molecule has 14 heteroatoms.